The number of aryl methyl sites for hydroxylation is 1. The summed E-state index contributed by atoms with van der Waals surface area (Å²) in [6.07, 6.45) is -8.21. The van der Waals surface area contributed by atoms with Crippen molar-refractivity contribution in [2.75, 3.05) is 12.8 Å². The smallest absolute Gasteiger partial charge is 0.383 e. The first kappa shape index (κ1) is 24.2. The molecule has 4 aromatic rings. The predicted molar refractivity (Wildman–Crippen MR) is 113 cm³/mol. The Morgan fingerprint density at radius 2 is 1.74 bits per heavy atom. The number of rotatable bonds is 3. The molecule has 0 saturated carbocycles. The topological polar surface area (TPSA) is 103 Å². The molecule has 3 aromatic heterocycles. The Balaban J connectivity index is 1.82. The molecule has 0 spiro atoms. The summed E-state index contributed by atoms with van der Waals surface area (Å²) in [7, 11) is 2.79. The number of hydrogen-bond acceptors (Lipinski definition) is 6. The van der Waals surface area contributed by atoms with Crippen LogP contribution in [0.15, 0.2) is 30.5 Å². The Morgan fingerprint density at radius 3 is 2.31 bits per heavy atom. The number of nitrogens with two attached hydrogens (primary N) is 1. The van der Waals surface area contributed by atoms with Gasteiger partial charge in [0.05, 0.1) is 45.5 Å². The van der Waals surface area contributed by atoms with E-state index in [-0.39, 0.29) is 22.4 Å². The number of amides is 1. The zero-order valence-corrected chi connectivity index (χ0v) is 18.4. The Hall–Kier alpha value is -3.97. The molecule has 8 nitrogen and oxygen atoms in total. The first-order chi connectivity index (χ1) is 16.2. The maximum atomic E-state index is 13.9. The molecule has 0 fully saturated rings. The first-order valence-corrected chi connectivity index (χ1v) is 10.00. The lowest BCUT2D eigenvalue weighted by Gasteiger charge is -2.26. The molecule has 4 rings (SSSR count). The average Bonchev–Trinajstić information content (AvgIpc) is 3.18. The summed E-state index contributed by atoms with van der Waals surface area (Å²) in [4.78, 5) is 18.2. The van der Waals surface area contributed by atoms with Crippen LogP contribution in [-0.4, -0.2) is 42.8 Å². The molecule has 14 heteroatoms. The van der Waals surface area contributed by atoms with Crippen LogP contribution in [0.5, 0.6) is 0 Å². The molecule has 3 heterocycles. The summed E-state index contributed by atoms with van der Waals surface area (Å²) in [5, 5.41) is 11.3. The van der Waals surface area contributed by atoms with E-state index in [2.05, 4.69) is 20.3 Å². The molecule has 0 aliphatic rings. The van der Waals surface area contributed by atoms with Gasteiger partial charge >= 0.3 is 12.4 Å². The monoisotopic (exact) mass is 497 g/mol. The molecule has 0 aliphatic carbocycles. The Kier molecular flexibility index (Phi) is 5.57. The number of aromatic nitrogens is 5. The molecule has 0 bridgehead atoms. The van der Waals surface area contributed by atoms with Crippen LogP contribution in [0.25, 0.3) is 21.8 Å². The minimum absolute atomic E-state index is 0.0144. The van der Waals surface area contributed by atoms with E-state index < -0.39 is 41.1 Å². The van der Waals surface area contributed by atoms with Gasteiger partial charge in [-0.05, 0) is 31.2 Å². The fourth-order valence-corrected chi connectivity index (χ4v) is 3.70. The summed E-state index contributed by atoms with van der Waals surface area (Å²) in [6.45, 7) is 1.41. The largest absolute Gasteiger partial charge is 0.435 e. The van der Waals surface area contributed by atoms with Crippen molar-refractivity contribution in [1.82, 2.24) is 29.9 Å². The number of benzene rings is 1. The van der Waals surface area contributed by atoms with Gasteiger partial charge in [0.25, 0.3) is 5.91 Å². The number of halogens is 6. The van der Waals surface area contributed by atoms with Gasteiger partial charge in [-0.15, -0.1) is 5.10 Å². The van der Waals surface area contributed by atoms with Crippen LogP contribution < -0.4 is 5.73 Å². The van der Waals surface area contributed by atoms with Gasteiger partial charge < -0.3 is 10.6 Å². The van der Waals surface area contributed by atoms with Gasteiger partial charge in [0, 0.05) is 19.5 Å². The Morgan fingerprint density at radius 1 is 1.06 bits per heavy atom. The van der Waals surface area contributed by atoms with E-state index in [4.69, 9.17) is 5.73 Å². The van der Waals surface area contributed by atoms with Gasteiger partial charge in [-0.25, -0.2) is 4.98 Å². The van der Waals surface area contributed by atoms with Crippen LogP contribution in [0.4, 0.5) is 32.2 Å². The lowest BCUT2D eigenvalue weighted by molar-refractivity contribution is -0.141. The number of hydrogen-bond donors (Lipinski definition) is 1. The van der Waals surface area contributed by atoms with Crippen molar-refractivity contribution in [3.63, 3.8) is 0 Å². The fourth-order valence-electron chi connectivity index (χ4n) is 3.70. The lowest BCUT2D eigenvalue weighted by Crippen LogP contribution is -2.32. The molecule has 0 saturated heterocycles. The molecule has 0 radical (unpaired) electrons. The zero-order valence-electron chi connectivity index (χ0n) is 18.4. The molecular weight excluding hydrogens is 480 g/mol. The normalized spacial score (nSPS) is 13.4. The van der Waals surface area contributed by atoms with Gasteiger partial charge in [-0.3, -0.25) is 9.48 Å². The van der Waals surface area contributed by atoms with Crippen LogP contribution >= 0.6 is 0 Å². The molecule has 1 amide bonds. The van der Waals surface area contributed by atoms with E-state index in [0.29, 0.717) is 17.0 Å². The number of alkyl halides is 6. The molecule has 184 valence electrons. The zero-order chi connectivity index (χ0) is 25.9. The maximum absolute atomic E-state index is 13.9. The third-order valence-corrected chi connectivity index (χ3v) is 5.69. The molecule has 2 N–H and O–H groups in total. The molecule has 0 aliphatic heterocycles. The van der Waals surface area contributed by atoms with Crippen LogP contribution in [0.3, 0.4) is 0 Å². The highest BCUT2D eigenvalue weighted by molar-refractivity contribution is 6.10. The highest BCUT2D eigenvalue weighted by Crippen LogP contribution is 2.38. The highest BCUT2D eigenvalue weighted by atomic mass is 19.4. The minimum Gasteiger partial charge on any atom is -0.383 e. The van der Waals surface area contributed by atoms with Crippen molar-refractivity contribution in [2.45, 2.75) is 25.3 Å². The van der Waals surface area contributed by atoms with Crippen LogP contribution in [0, 0.1) is 0 Å². The van der Waals surface area contributed by atoms with Gasteiger partial charge in [0.2, 0.25) is 0 Å². The predicted octanol–water partition coefficient (Wildman–Crippen LogP) is 4.36. The van der Waals surface area contributed by atoms with Crippen molar-refractivity contribution in [3.8, 4) is 0 Å². The number of nitrogens with zero attached hydrogens (tertiary/aromatic N) is 6. The third kappa shape index (κ3) is 4.19. The van der Waals surface area contributed by atoms with Crippen LogP contribution in [0.2, 0.25) is 0 Å². The van der Waals surface area contributed by atoms with E-state index >= 15 is 0 Å². The summed E-state index contributed by atoms with van der Waals surface area (Å²) in [5.41, 5.74) is 3.01. The second-order valence-corrected chi connectivity index (χ2v) is 7.87. The minimum atomic E-state index is -4.91. The van der Waals surface area contributed by atoms with Crippen molar-refractivity contribution in [2.24, 2.45) is 7.05 Å². The maximum Gasteiger partial charge on any atom is 0.435 e. The van der Waals surface area contributed by atoms with Crippen molar-refractivity contribution >= 4 is 33.5 Å². The summed E-state index contributed by atoms with van der Waals surface area (Å²) >= 11 is 0. The first-order valence-electron chi connectivity index (χ1n) is 10.00. The van der Waals surface area contributed by atoms with E-state index in [9.17, 15) is 31.1 Å². The molecule has 1 atom stereocenters. The van der Waals surface area contributed by atoms with Crippen LogP contribution in [0.1, 0.15) is 40.3 Å². The van der Waals surface area contributed by atoms with E-state index in [1.54, 1.807) is 7.05 Å². The van der Waals surface area contributed by atoms with Gasteiger partial charge in [0.15, 0.2) is 5.69 Å². The number of carbonyl (C=O) groups is 1. The van der Waals surface area contributed by atoms with E-state index in [1.165, 1.54) is 24.9 Å². The number of nitrogen functional groups attached to an aromatic ring is 1. The quantitative estimate of drug-likeness (QED) is 0.422. The third-order valence-electron chi connectivity index (χ3n) is 5.69. The second-order valence-electron chi connectivity index (χ2n) is 7.87. The number of fused-ring (bicyclic) bond motifs is 3. The molecular formula is C21H17F6N7O. The molecule has 1 aromatic carbocycles. The Bertz CT molecular complexity index is 1440. The van der Waals surface area contributed by atoms with Crippen LogP contribution in [-0.2, 0) is 19.4 Å². The van der Waals surface area contributed by atoms with E-state index in [1.807, 2.05) is 0 Å². The molecule has 0 unspecified atom stereocenters. The summed E-state index contributed by atoms with van der Waals surface area (Å²) < 4.78 is 81.5. The van der Waals surface area contributed by atoms with Crippen molar-refractivity contribution in [3.05, 3.63) is 53.0 Å². The number of carbonyl (C=O) groups excluding carboxylic acids is 1. The number of pyridine rings is 1. The second kappa shape index (κ2) is 8.06. The fraction of sp³-hybridized carbons (Fsp3) is 0.286. The highest BCUT2D eigenvalue weighted by Gasteiger charge is 2.38. The average molecular weight is 497 g/mol. The lowest BCUT2D eigenvalue weighted by atomic mass is 10.00. The van der Waals surface area contributed by atoms with Crippen molar-refractivity contribution < 1.29 is 31.1 Å². The van der Waals surface area contributed by atoms with E-state index in [0.717, 1.165) is 23.1 Å². The summed E-state index contributed by atoms with van der Waals surface area (Å²) in [6, 6.07) is 2.51. The summed E-state index contributed by atoms with van der Waals surface area (Å²) in [5.74, 6) is -1.04. The Labute approximate surface area is 193 Å². The SMILES string of the molecule is C[C@H](c1ccc(C(F)(F)F)nn1)N(C)C(=O)c1cc2c(cc1C(F)(F)F)nc(N)c1cnn(C)c12. The van der Waals surface area contributed by atoms with Gasteiger partial charge in [-0.2, -0.15) is 36.5 Å². The van der Waals surface area contributed by atoms with Gasteiger partial charge in [0.1, 0.15) is 5.82 Å². The van der Waals surface area contributed by atoms with Crippen molar-refractivity contribution in [1.29, 1.82) is 0 Å². The van der Waals surface area contributed by atoms with Gasteiger partial charge in [-0.1, -0.05) is 0 Å². The molecule has 35 heavy (non-hydrogen) atoms. The number of anilines is 1. The standard InChI is InChI=1S/C21H17F6N7O/c1-9(14-4-5-16(32-31-14)21(25,26)27)33(2)19(35)10-6-11-15(7-13(10)20(22,23)24)30-18(28)12-8-29-34(3)17(11)12/h4-9H,1-3H3,(H2,28,30)/t9-/m1/s1.